The first-order chi connectivity index (χ1) is 13.4. The van der Waals surface area contributed by atoms with E-state index >= 15 is 0 Å². The Labute approximate surface area is 164 Å². The van der Waals surface area contributed by atoms with Crippen molar-refractivity contribution < 1.29 is 9.72 Å². The van der Waals surface area contributed by atoms with Crippen molar-refractivity contribution >= 4 is 23.2 Å². The second kappa shape index (κ2) is 8.69. The maximum atomic E-state index is 12.1. The van der Waals surface area contributed by atoms with Crippen LogP contribution in [0.15, 0.2) is 36.5 Å². The van der Waals surface area contributed by atoms with Gasteiger partial charge in [-0.1, -0.05) is 17.7 Å². The van der Waals surface area contributed by atoms with E-state index in [-0.39, 0.29) is 11.7 Å². The molecule has 2 aromatic rings. The number of hydrogen-bond acceptors (Lipinski definition) is 5. The summed E-state index contributed by atoms with van der Waals surface area (Å²) in [6.45, 7) is 6.03. The molecule has 0 radical (unpaired) electrons. The molecule has 1 fully saturated rings. The van der Waals surface area contributed by atoms with Crippen molar-refractivity contribution in [1.82, 2.24) is 10.3 Å². The normalized spacial score (nSPS) is 16.5. The molecule has 0 bridgehead atoms. The maximum absolute atomic E-state index is 12.1. The number of anilines is 2. The molecule has 148 valence electrons. The maximum Gasteiger partial charge on any atom is 0.319 e. The summed E-state index contributed by atoms with van der Waals surface area (Å²) in [4.78, 5) is 29.0. The lowest BCUT2D eigenvalue weighted by Gasteiger charge is -2.34. The Balaban J connectivity index is 1.54. The Hall–Kier alpha value is -3.16. The SMILES string of the molecule is Cc1ccc(NC(=O)NCC2CCCN(c3ncc([N+](=O)[O-])cc3C)C2)cc1. The molecule has 2 amide bonds. The van der Waals surface area contributed by atoms with Crippen LogP contribution in [0.3, 0.4) is 0 Å². The number of nitrogens with one attached hydrogen (secondary N) is 2. The minimum absolute atomic E-state index is 0.00394. The van der Waals surface area contributed by atoms with Gasteiger partial charge < -0.3 is 15.5 Å². The second-order valence-corrected chi connectivity index (χ2v) is 7.25. The van der Waals surface area contributed by atoms with Crippen LogP contribution in [-0.2, 0) is 0 Å². The lowest BCUT2D eigenvalue weighted by molar-refractivity contribution is -0.385. The van der Waals surface area contributed by atoms with Gasteiger partial charge in [0.1, 0.15) is 12.0 Å². The second-order valence-electron chi connectivity index (χ2n) is 7.25. The number of pyridine rings is 1. The number of aryl methyl sites for hydroxylation is 2. The fourth-order valence-electron chi connectivity index (χ4n) is 3.46. The minimum atomic E-state index is -0.431. The monoisotopic (exact) mass is 383 g/mol. The highest BCUT2D eigenvalue weighted by molar-refractivity contribution is 5.89. The molecule has 1 aliphatic heterocycles. The molecule has 2 N–H and O–H groups in total. The van der Waals surface area contributed by atoms with Gasteiger partial charge in [0.15, 0.2) is 0 Å². The Morgan fingerprint density at radius 3 is 2.75 bits per heavy atom. The molecule has 8 nitrogen and oxygen atoms in total. The van der Waals surface area contributed by atoms with Gasteiger partial charge in [-0.25, -0.2) is 9.78 Å². The predicted octanol–water partition coefficient (Wildman–Crippen LogP) is 3.64. The van der Waals surface area contributed by atoms with Crippen LogP contribution in [0.25, 0.3) is 0 Å². The van der Waals surface area contributed by atoms with E-state index in [2.05, 4.69) is 20.5 Å². The molecule has 1 unspecified atom stereocenters. The van der Waals surface area contributed by atoms with E-state index in [1.165, 1.54) is 6.20 Å². The van der Waals surface area contributed by atoms with Crippen molar-refractivity contribution in [1.29, 1.82) is 0 Å². The van der Waals surface area contributed by atoms with E-state index in [9.17, 15) is 14.9 Å². The van der Waals surface area contributed by atoms with Gasteiger partial charge in [-0.2, -0.15) is 0 Å². The molecule has 0 spiro atoms. The Kier molecular flexibility index (Phi) is 6.08. The summed E-state index contributed by atoms with van der Waals surface area (Å²) in [5.41, 5.74) is 2.70. The van der Waals surface area contributed by atoms with Crippen molar-refractivity contribution in [2.75, 3.05) is 29.9 Å². The number of benzene rings is 1. The van der Waals surface area contributed by atoms with Gasteiger partial charge in [0, 0.05) is 31.4 Å². The smallest absolute Gasteiger partial charge is 0.319 e. The molecular weight excluding hydrogens is 358 g/mol. The topological polar surface area (TPSA) is 100 Å². The molecule has 8 heteroatoms. The number of nitrogens with zero attached hydrogens (tertiary/aromatic N) is 3. The Morgan fingerprint density at radius 2 is 2.07 bits per heavy atom. The lowest BCUT2D eigenvalue weighted by atomic mass is 9.97. The van der Waals surface area contributed by atoms with Crippen LogP contribution in [0.2, 0.25) is 0 Å². The van der Waals surface area contributed by atoms with Crippen LogP contribution in [0, 0.1) is 29.9 Å². The van der Waals surface area contributed by atoms with Gasteiger partial charge in [-0.05, 0) is 50.3 Å². The van der Waals surface area contributed by atoms with Gasteiger partial charge in [-0.3, -0.25) is 10.1 Å². The molecular formula is C20H25N5O3. The first-order valence-corrected chi connectivity index (χ1v) is 9.40. The number of piperidine rings is 1. The summed E-state index contributed by atoms with van der Waals surface area (Å²) < 4.78 is 0. The molecule has 0 aliphatic carbocycles. The fraction of sp³-hybridized carbons (Fsp3) is 0.400. The van der Waals surface area contributed by atoms with Crippen LogP contribution in [0.4, 0.5) is 22.0 Å². The third-order valence-electron chi connectivity index (χ3n) is 4.93. The summed E-state index contributed by atoms with van der Waals surface area (Å²) >= 11 is 0. The molecule has 0 saturated carbocycles. The zero-order chi connectivity index (χ0) is 20.1. The van der Waals surface area contributed by atoms with E-state index < -0.39 is 4.92 Å². The van der Waals surface area contributed by atoms with Crippen molar-refractivity contribution in [3.8, 4) is 0 Å². The van der Waals surface area contributed by atoms with Crippen LogP contribution in [-0.4, -0.2) is 35.6 Å². The highest BCUT2D eigenvalue weighted by atomic mass is 16.6. The number of nitro groups is 1. The van der Waals surface area contributed by atoms with Crippen molar-refractivity contribution in [3.05, 3.63) is 57.8 Å². The first-order valence-electron chi connectivity index (χ1n) is 9.40. The third-order valence-corrected chi connectivity index (χ3v) is 4.93. The van der Waals surface area contributed by atoms with E-state index in [1.54, 1.807) is 6.07 Å². The standard InChI is InChI=1S/C20H25N5O3/c1-14-5-7-17(8-6-14)23-20(26)22-11-16-4-3-9-24(13-16)19-15(2)10-18(12-21-19)25(27)28/h5-8,10,12,16H,3-4,9,11,13H2,1-2H3,(H2,22,23,26). The summed E-state index contributed by atoms with van der Waals surface area (Å²) in [7, 11) is 0. The van der Waals surface area contributed by atoms with E-state index in [4.69, 9.17) is 0 Å². The summed E-state index contributed by atoms with van der Waals surface area (Å²) in [6, 6.07) is 8.99. The quantitative estimate of drug-likeness (QED) is 0.606. The van der Waals surface area contributed by atoms with Crippen molar-refractivity contribution in [3.63, 3.8) is 0 Å². The van der Waals surface area contributed by atoms with Crippen LogP contribution in [0.1, 0.15) is 24.0 Å². The average molecular weight is 383 g/mol. The van der Waals surface area contributed by atoms with Gasteiger partial charge in [0.05, 0.1) is 4.92 Å². The van der Waals surface area contributed by atoms with E-state index in [0.29, 0.717) is 12.5 Å². The lowest BCUT2D eigenvalue weighted by Crippen LogP contribution is -2.42. The highest BCUT2D eigenvalue weighted by Crippen LogP contribution is 2.26. The number of carbonyl (C=O) groups is 1. The minimum Gasteiger partial charge on any atom is -0.356 e. The molecule has 2 heterocycles. The molecule has 3 rings (SSSR count). The predicted molar refractivity (Wildman–Crippen MR) is 109 cm³/mol. The first kappa shape index (κ1) is 19.6. The van der Waals surface area contributed by atoms with Crippen molar-refractivity contribution in [2.24, 2.45) is 5.92 Å². The van der Waals surface area contributed by atoms with Crippen molar-refractivity contribution in [2.45, 2.75) is 26.7 Å². The van der Waals surface area contributed by atoms with Gasteiger partial charge in [0.2, 0.25) is 0 Å². The molecule has 28 heavy (non-hydrogen) atoms. The number of aromatic nitrogens is 1. The molecule has 1 aliphatic rings. The van der Waals surface area contributed by atoms with E-state index in [0.717, 1.165) is 48.6 Å². The summed E-state index contributed by atoms with van der Waals surface area (Å²) in [5, 5.41) is 16.7. The third kappa shape index (κ3) is 4.97. The zero-order valence-corrected chi connectivity index (χ0v) is 16.1. The number of carbonyl (C=O) groups excluding carboxylic acids is 1. The number of hydrogen-bond donors (Lipinski definition) is 2. The average Bonchev–Trinajstić information content (AvgIpc) is 2.68. The fourth-order valence-corrected chi connectivity index (χ4v) is 3.46. The Bertz CT molecular complexity index is 853. The number of urea groups is 1. The van der Waals surface area contributed by atoms with Crippen LogP contribution in [0.5, 0.6) is 0 Å². The number of amides is 2. The van der Waals surface area contributed by atoms with Gasteiger partial charge in [-0.15, -0.1) is 0 Å². The van der Waals surface area contributed by atoms with Gasteiger partial charge in [0.25, 0.3) is 5.69 Å². The number of rotatable bonds is 5. The zero-order valence-electron chi connectivity index (χ0n) is 16.1. The highest BCUT2D eigenvalue weighted by Gasteiger charge is 2.23. The summed E-state index contributed by atoms with van der Waals surface area (Å²) in [5.74, 6) is 1.08. The van der Waals surface area contributed by atoms with E-state index in [1.807, 2.05) is 38.1 Å². The molecule has 1 atom stereocenters. The van der Waals surface area contributed by atoms with Crippen LogP contribution < -0.4 is 15.5 Å². The molecule has 1 aromatic heterocycles. The largest absolute Gasteiger partial charge is 0.356 e. The van der Waals surface area contributed by atoms with Gasteiger partial charge >= 0.3 is 6.03 Å². The molecule has 1 saturated heterocycles. The molecule has 1 aromatic carbocycles. The Morgan fingerprint density at radius 1 is 1.32 bits per heavy atom. The summed E-state index contributed by atoms with van der Waals surface area (Å²) in [6.07, 6.45) is 3.32. The van der Waals surface area contributed by atoms with Crippen LogP contribution >= 0.6 is 0 Å².